The van der Waals surface area contributed by atoms with E-state index in [9.17, 15) is 0 Å². The van der Waals surface area contributed by atoms with Crippen molar-refractivity contribution in [3.63, 3.8) is 0 Å². The second-order valence-electron chi connectivity index (χ2n) is 5.69. The molecule has 0 heterocycles. The maximum Gasteiger partial charge on any atom is 0.0236 e. The van der Waals surface area contributed by atoms with Gasteiger partial charge < -0.3 is 5.73 Å². The van der Waals surface area contributed by atoms with Gasteiger partial charge in [0.2, 0.25) is 0 Å². The average Bonchev–Trinajstić information content (AvgIpc) is 2.41. The van der Waals surface area contributed by atoms with Gasteiger partial charge in [-0.15, -0.1) is 0 Å². The summed E-state index contributed by atoms with van der Waals surface area (Å²) in [6, 6.07) is 9.36. The molecule has 0 amide bonds. The van der Waals surface area contributed by atoms with Gasteiger partial charge in [-0.05, 0) is 50.4 Å². The Morgan fingerprint density at radius 2 is 1.94 bits per heavy atom. The van der Waals surface area contributed by atoms with Gasteiger partial charge >= 0.3 is 0 Å². The molecule has 1 aromatic carbocycles. The van der Waals surface area contributed by atoms with Crippen molar-refractivity contribution in [3.8, 4) is 0 Å². The maximum absolute atomic E-state index is 5.93. The van der Waals surface area contributed by atoms with Gasteiger partial charge in [0.1, 0.15) is 0 Å². The van der Waals surface area contributed by atoms with Crippen LogP contribution in [0.3, 0.4) is 0 Å². The standard InChI is InChI=1S/C16H26N2/c1-13-7-3-4-9-15(13)12-18(2)16-10-6-5-8-14(16)11-17/h3-4,7,9,14,16H,5-6,8,10-12,17H2,1-2H3. The molecule has 0 saturated heterocycles. The minimum Gasteiger partial charge on any atom is -0.330 e. The van der Waals surface area contributed by atoms with Gasteiger partial charge in [0.15, 0.2) is 0 Å². The number of aryl methyl sites for hydroxylation is 1. The minimum absolute atomic E-state index is 0.670. The Morgan fingerprint density at radius 1 is 1.22 bits per heavy atom. The van der Waals surface area contributed by atoms with E-state index < -0.39 is 0 Å². The molecule has 18 heavy (non-hydrogen) atoms. The predicted octanol–water partition coefficient (Wildman–Crippen LogP) is 2.94. The van der Waals surface area contributed by atoms with Crippen molar-refractivity contribution in [2.45, 2.75) is 45.2 Å². The zero-order valence-electron chi connectivity index (χ0n) is 11.7. The third-order valence-corrected chi connectivity index (χ3v) is 4.42. The van der Waals surface area contributed by atoms with Crippen LogP contribution in [0.2, 0.25) is 0 Å². The highest BCUT2D eigenvalue weighted by Crippen LogP contribution is 2.28. The summed E-state index contributed by atoms with van der Waals surface area (Å²) in [5, 5.41) is 0. The Kier molecular flexibility index (Phi) is 4.79. The molecule has 1 aromatic rings. The van der Waals surface area contributed by atoms with Crippen LogP contribution in [0.15, 0.2) is 24.3 Å². The van der Waals surface area contributed by atoms with E-state index in [0.29, 0.717) is 12.0 Å². The van der Waals surface area contributed by atoms with Crippen LogP contribution in [0.4, 0.5) is 0 Å². The van der Waals surface area contributed by atoms with E-state index in [1.165, 1.54) is 36.8 Å². The second-order valence-corrected chi connectivity index (χ2v) is 5.69. The Labute approximate surface area is 111 Å². The van der Waals surface area contributed by atoms with Gasteiger partial charge in [-0.3, -0.25) is 4.90 Å². The number of benzene rings is 1. The molecule has 2 rings (SSSR count). The van der Waals surface area contributed by atoms with Gasteiger partial charge in [0.25, 0.3) is 0 Å². The summed E-state index contributed by atoms with van der Waals surface area (Å²) in [6.45, 7) is 4.08. The van der Waals surface area contributed by atoms with E-state index in [-0.39, 0.29) is 0 Å². The maximum atomic E-state index is 5.93. The zero-order valence-corrected chi connectivity index (χ0v) is 11.7. The van der Waals surface area contributed by atoms with Crippen LogP contribution in [0, 0.1) is 12.8 Å². The lowest BCUT2D eigenvalue weighted by molar-refractivity contribution is 0.127. The monoisotopic (exact) mass is 246 g/mol. The lowest BCUT2D eigenvalue weighted by Crippen LogP contribution is -2.42. The quantitative estimate of drug-likeness (QED) is 0.885. The highest BCUT2D eigenvalue weighted by atomic mass is 15.1. The SMILES string of the molecule is Cc1ccccc1CN(C)C1CCCCC1CN. The van der Waals surface area contributed by atoms with E-state index in [1.54, 1.807) is 0 Å². The summed E-state index contributed by atoms with van der Waals surface area (Å²) < 4.78 is 0. The normalized spacial score (nSPS) is 24.4. The molecule has 0 aliphatic heterocycles. The number of hydrogen-bond donors (Lipinski definition) is 1. The van der Waals surface area contributed by atoms with Crippen molar-refractivity contribution in [2.24, 2.45) is 11.7 Å². The van der Waals surface area contributed by atoms with Crippen LogP contribution in [0.25, 0.3) is 0 Å². The van der Waals surface area contributed by atoms with Crippen molar-refractivity contribution in [1.29, 1.82) is 0 Å². The van der Waals surface area contributed by atoms with Gasteiger partial charge in [0.05, 0.1) is 0 Å². The van der Waals surface area contributed by atoms with Crippen molar-refractivity contribution in [3.05, 3.63) is 35.4 Å². The molecule has 2 nitrogen and oxygen atoms in total. The Hall–Kier alpha value is -0.860. The van der Waals surface area contributed by atoms with E-state index in [2.05, 4.69) is 43.1 Å². The van der Waals surface area contributed by atoms with Gasteiger partial charge in [0, 0.05) is 12.6 Å². The Bertz CT molecular complexity index is 375. The van der Waals surface area contributed by atoms with Gasteiger partial charge in [-0.1, -0.05) is 37.1 Å². The van der Waals surface area contributed by atoms with Crippen molar-refractivity contribution < 1.29 is 0 Å². The molecule has 2 heteroatoms. The zero-order chi connectivity index (χ0) is 13.0. The van der Waals surface area contributed by atoms with Crippen LogP contribution in [-0.4, -0.2) is 24.5 Å². The fourth-order valence-corrected chi connectivity index (χ4v) is 3.22. The molecule has 1 aliphatic rings. The van der Waals surface area contributed by atoms with Crippen LogP contribution >= 0.6 is 0 Å². The number of nitrogens with two attached hydrogens (primary N) is 1. The molecule has 0 bridgehead atoms. The highest BCUT2D eigenvalue weighted by molar-refractivity contribution is 5.25. The molecule has 0 aromatic heterocycles. The first-order valence-electron chi connectivity index (χ1n) is 7.17. The van der Waals surface area contributed by atoms with Crippen LogP contribution < -0.4 is 5.73 Å². The van der Waals surface area contributed by atoms with Crippen molar-refractivity contribution >= 4 is 0 Å². The minimum atomic E-state index is 0.670. The number of hydrogen-bond acceptors (Lipinski definition) is 2. The Morgan fingerprint density at radius 3 is 2.67 bits per heavy atom. The Balaban J connectivity index is 2.02. The van der Waals surface area contributed by atoms with E-state index >= 15 is 0 Å². The third kappa shape index (κ3) is 3.12. The predicted molar refractivity (Wildman–Crippen MR) is 77.4 cm³/mol. The summed E-state index contributed by atoms with van der Waals surface area (Å²) >= 11 is 0. The molecule has 2 N–H and O–H groups in total. The van der Waals surface area contributed by atoms with Crippen molar-refractivity contribution in [2.75, 3.05) is 13.6 Å². The average molecular weight is 246 g/mol. The van der Waals surface area contributed by atoms with Crippen LogP contribution in [-0.2, 0) is 6.54 Å². The summed E-state index contributed by atoms with van der Waals surface area (Å²) in [5.74, 6) is 0.688. The van der Waals surface area contributed by atoms with Crippen LogP contribution in [0.1, 0.15) is 36.8 Å². The molecule has 100 valence electrons. The molecular formula is C16H26N2. The topological polar surface area (TPSA) is 29.3 Å². The van der Waals surface area contributed by atoms with E-state index in [4.69, 9.17) is 5.73 Å². The number of nitrogens with zero attached hydrogens (tertiary/aromatic N) is 1. The summed E-state index contributed by atoms with van der Waals surface area (Å²) in [4.78, 5) is 2.51. The second kappa shape index (κ2) is 6.35. The molecule has 0 radical (unpaired) electrons. The van der Waals surface area contributed by atoms with E-state index in [1.807, 2.05) is 0 Å². The lowest BCUT2D eigenvalue weighted by atomic mass is 9.83. The smallest absolute Gasteiger partial charge is 0.0236 e. The number of rotatable bonds is 4. The molecule has 1 fully saturated rings. The fourth-order valence-electron chi connectivity index (χ4n) is 3.22. The van der Waals surface area contributed by atoms with Gasteiger partial charge in [-0.2, -0.15) is 0 Å². The first kappa shape index (κ1) is 13.6. The largest absolute Gasteiger partial charge is 0.330 e. The summed E-state index contributed by atoms with van der Waals surface area (Å²) in [7, 11) is 2.26. The first-order chi connectivity index (χ1) is 8.72. The fraction of sp³-hybridized carbons (Fsp3) is 0.625. The molecule has 1 saturated carbocycles. The summed E-state index contributed by atoms with van der Waals surface area (Å²) in [5.41, 5.74) is 8.77. The van der Waals surface area contributed by atoms with Crippen molar-refractivity contribution in [1.82, 2.24) is 4.90 Å². The van der Waals surface area contributed by atoms with Gasteiger partial charge in [-0.25, -0.2) is 0 Å². The first-order valence-corrected chi connectivity index (χ1v) is 7.17. The molecule has 2 unspecified atom stereocenters. The molecule has 0 spiro atoms. The molecular weight excluding hydrogens is 220 g/mol. The molecule has 1 aliphatic carbocycles. The highest BCUT2D eigenvalue weighted by Gasteiger charge is 2.27. The van der Waals surface area contributed by atoms with Crippen LogP contribution in [0.5, 0.6) is 0 Å². The lowest BCUT2D eigenvalue weighted by Gasteiger charge is -2.37. The third-order valence-electron chi connectivity index (χ3n) is 4.42. The molecule has 2 atom stereocenters. The van der Waals surface area contributed by atoms with E-state index in [0.717, 1.165) is 13.1 Å². The summed E-state index contributed by atoms with van der Waals surface area (Å²) in [6.07, 6.45) is 5.33.